The monoisotopic (exact) mass is 789 g/mol. The number of hydrogen-bond donors (Lipinski definition) is 3. The molecule has 0 aliphatic carbocycles. The van der Waals surface area contributed by atoms with Gasteiger partial charge < -0.3 is 20.5 Å². The predicted molar refractivity (Wildman–Crippen MR) is 171 cm³/mol. The molecular weight excluding hydrogens is 772 g/mol. The number of hydrogen-bond acceptors (Lipinski definition) is 14. The molecule has 0 radical (unpaired) electrons. The van der Waals surface area contributed by atoms with Crippen LogP contribution in [0.2, 0.25) is 0 Å². The summed E-state index contributed by atoms with van der Waals surface area (Å²) < 4.78 is 103. The Balaban J connectivity index is 0.00000243. The molecule has 250 valence electrons. The van der Waals surface area contributed by atoms with Crippen LogP contribution in [0.15, 0.2) is 120 Å². The Morgan fingerprint density at radius 1 is 0.558 bits per heavy atom. The quantitative estimate of drug-likeness (QED) is 0.0606. The van der Waals surface area contributed by atoms with Crippen molar-refractivity contribution in [2.75, 3.05) is 5.73 Å². The predicted octanol–water partition coefficient (Wildman–Crippen LogP) is -3.88. The van der Waals surface area contributed by atoms with Gasteiger partial charge in [-0.3, -0.25) is 9.11 Å². The molecule has 0 aromatic heterocycles. The van der Waals surface area contributed by atoms with E-state index in [4.69, 9.17) is 5.73 Å². The summed E-state index contributed by atoms with van der Waals surface area (Å²) in [5.41, 5.74) is 5.10. The molecule has 0 aliphatic heterocycles. The largest absolute Gasteiger partial charge is 1.00 e. The van der Waals surface area contributed by atoms with Crippen LogP contribution in [-0.2, 0) is 30.4 Å². The second kappa shape index (κ2) is 16.4. The van der Waals surface area contributed by atoms with Gasteiger partial charge in [0.05, 0.1) is 32.5 Å². The van der Waals surface area contributed by atoms with E-state index in [0.29, 0.717) is 0 Å². The Morgan fingerprint density at radius 2 is 1.13 bits per heavy atom. The van der Waals surface area contributed by atoms with Gasteiger partial charge >= 0.3 is 88.7 Å². The van der Waals surface area contributed by atoms with Crippen molar-refractivity contribution in [3.8, 4) is 11.5 Å². The van der Waals surface area contributed by atoms with Gasteiger partial charge in [-0.25, -0.2) is 8.42 Å². The summed E-state index contributed by atoms with van der Waals surface area (Å²) in [6.45, 7) is 0. The molecule has 0 heterocycles. The summed E-state index contributed by atoms with van der Waals surface area (Å²) >= 11 is 0. The second-order valence-corrected chi connectivity index (χ2v) is 14.6. The molecule has 0 saturated heterocycles. The summed E-state index contributed by atoms with van der Waals surface area (Å²) in [4.78, 5) is -2.19. The van der Waals surface area contributed by atoms with Crippen LogP contribution in [0.3, 0.4) is 0 Å². The maximum atomic E-state index is 13.3. The van der Waals surface area contributed by atoms with Crippen molar-refractivity contribution in [1.29, 1.82) is 0 Å². The summed E-state index contributed by atoms with van der Waals surface area (Å²) in [7, 11) is -14.7. The fourth-order valence-electron chi connectivity index (χ4n) is 5.02. The van der Waals surface area contributed by atoms with Crippen molar-refractivity contribution in [1.82, 2.24) is 0 Å². The number of nitrogen functional groups attached to an aromatic ring is 1. The minimum Gasteiger partial charge on any atom is -0.872 e. The Kier molecular flexibility index (Phi) is 13.8. The average Bonchev–Trinajstić information content (AvgIpc) is 3.02. The fraction of sp³-hybridized carbons (Fsp3) is 0. The molecule has 0 atom stereocenters. The van der Waals surface area contributed by atoms with Crippen molar-refractivity contribution in [3.63, 3.8) is 0 Å². The first-order chi connectivity index (χ1) is 22.9. The summed E-state index contributed by atoms with van der Waals surface area (Å²) in [5.74, 6) is -1.64. The SMILES string of the molecule is Nc1ccc2cc(S(=O)(=O)O)c(N=Nc3ccc(N=Nc4cccc5c([O-])cc(S(=O)(=O)O)cc45)c4ccc(S(=O)(=O)[O-])cc34)c([O-])c2c1.[Na+].[Na+].[Na+]. The minimum atomic E-state index is -5.00. The third-order valence-electron chi connectivity index (χ3n) is 7.30. The van der Waals surface area contributed by atoms with E-state index in [0.717, 1.165) is 30.3 Å². The Hall–Kier alpha value is -2.57. The molecule has 0 amide bonds. The second-order valence-electron chi connectivity index (χ2n) is 10.4. The first-order valence-electron chi connectivity index (χ1n) is 13.5. The van der Waals surface area contributed by atoms with Crippen molar-refractivity contribution < 1.29 is 138 Å². The number of benzene rings is 6. The van der Waals surface area contributed by atoms with Crippen LogP contribution >= 0.6 is 0 Å². The maximum Gasteiger partial charge on any atom is 1.00 e. The van der Waals surface area contributed by atoms with E-state index in [2.05, 4.69) is 20.5 Å². The zero-order valence-corrected chi connectivity index (χ0v) is 35.7. The molecule has 6 rings (SSSR count). The van der Waals surface area contributed by atoms with Gasteiger partial charge in [0.25, 0.3) is 20.2 Å². The molecule has 4 N–H and O–H groups in total. The summed E-state index contributed by atoms with van der Waals surface area (Å²) in [5, 5.41) is 42.2. The number of nitrogens with zero attached hydrogens (tertiary/aromatic N) is 4. The Labute approximate surface area is 362 Å². The van der Waals surface area contributed by atoms with Crippen LogP contribution in [-0.4, -0.2) is 38.9 Å². The van der Waals surface area contributed by atoms with E-state index in [1.807, 2.05) is 0 Å². The fourth-order valence-corrected chi connectivity index (χ4v) is 6.69. The zero-order valence-electron chi connectivity index (χ0n) is 27.2. The third kappa shape index (κ3) is 9.03. The molecular formula is C30H18N5Na3O11S3. The molecule has 22 heteroatoms. The molecule has 6 aromatic rings. The molecule has 0 unspecified atom stereocenters. The van der Waals surface area contributed by atoms with Crippen molar-refractivity contribution in [3.05, 3.63) is 84.9 Å². The number of fused-ring (bicyclic) bond motifs is 3. The first kappa shape index (κ1) is 43.8. The van der Waals surface area contributed by atoms with E-state index in [-0.39, 0.29) is 144 Å². The van der Waals surface area contributed by atoms with E-state index < -0.39 is 62.2 Å². The molecule has 0 bridgehead atoms. The first-order valence-corrected chi connectivity index (χ1v) is 17.8. The van der Waals surface area contributed by atoms with Gasteiger partial charge in [0.2, 0.25) is 0 Å². The van der Waals surface area contributed by atoms with Crippen molar-refractivity contribution >= 4 is 91.1 Å². The maximum absolute atomic E-state index is 13.3. The van der Waals surface area contributed by atoms with Crippen LogP contribution < -0.4 is 105 Å². The van der Waals surface area contributed by atoms with Gasteiger partial charge in [0.15, 0.2) is 0 Å². The van der Waals surface area contributed by atoms with Crippen LogP contribution in [0.5, 0.6) is 11.5 Å². The molecule has 0 aliphatic rings. The molecule has 0 fully saturated rings. The van der Waals surface area contributed by atoms with Crippen LogP contribution in [0.25, 0.3) is 32.3 Å². The third-order valence-corrected chi connectivity index (χ3v) is 9.82. The summed E-state index contributed by atoms with van der Waals surface area (Å²) in [6, 6.07) is 16.9. The zero-order chi connectivity index (χ0) is 35.5. The number of nitrogens with two attached hydrogens (primary N) is 1. The van der Waals surface area contributed by atoms with Gasteiger partial charge in [-0.2, -0.15) is 16.8 Å². The van der Waals surface area contributed by atoms with Gasteiger partial charge in [-0.05, 0) is 76.8 Å². The summed E-state index contributed by atoms with van der Waals surface area (Å²) in [6.07, 6.45) is 0. The molecule has 52 heavy (non-hydrogen) atoms. The molecule has 0 saturated carbocycles. The number of anilines is 1. The van der Waals surface area contributed by atoms with Gasteiger partial charge in [-0.15, -0.1) is 20.5 Å². The van der Waals surface area contributed by atoms with E-state index in [1.54, 1.807) is 0 Å². The van der Waals surface area contributed by atoms with E-state index in [9.17, 15) is 49.1 Å². The van der Waals surface area contributed by atoms with Crippen LogP contribution in [0, 0.1) is 0 Å². The standard InChI is InChI=1S/C30H21N5O11S3.3Na/c31-16-5-4-15-10-28(49(44,45)46)29(30(37)21(15)11-16)35-34-26-9-8-25(19-7-6-17(12-22(19)26)47(38,39)40)33-32-24-3-1-2-20-23(24)13-18(14-27(20)36)48(41,42)43;;;/h1-14,36-37H,31H2,(H,38,39,40)(H,41,42,43)(H,44,45,46);;;/q;3*+1/p-3. The van der Waals surface area contributed by atoms with Gasteiger partial charge in [0, 0.05) is 21.8 Å². The van der Waals surface area contributed by atoms with Crippen molar-refractivity contribution in [2.24, 2.45) is 20.5 Å². The number of rotatable bonds is 7. The van der Waals surface area contributed by atoms with Crippen LogP contribution in [0.4, 0.5) is 28.4 Å². The topological polar surface area (TPSA) is 288 Å². The Morgan fingerprint density at radius 3 is 1.75 bits per heavy atom. The normalized spacial score (nSPS) is 12.2. The number of azo groups is 2. The molecule has 6 aromatic carbocycles. The minimum absolute atomic E-state index is 0. The van der Waals surface area contributed by atoms with E-state index in [1.165, 1.54) is 54.6 Å². The Bertz CT molecular complexity index is 2800. The van der Waals surface area contributed by atoms with E-state index >= 15 is 0 Å². The van der Waals surface area contributed by atoms with Gasteiger partial charge in [-0.1, -0.05) is 35.8 Å². The smallest absolute Gasteiger partial charge is 0.872 e. The average molecular weight is 790 g/mol. The molecule has 0 spiro atoms. The van der Waals surface area contributed by atoms with Crippen LogP contribution in [0.1, 0.15) is 0 Å². The van der Waals surface area contributed by atoms with Gasteiger partial charge in [0.1, 0.15) is 15.0 Å². The van der Waals surface area contributed by atoms with Crippen molar-refractivity contribution in [2.45, 2.75) is 14.7 Å². The molecule has 16 nitrogen and oxygen atoms in total.